The normalized spacial score (nSPS) is 20.4. The topological polar surface area (TPSA) is 84.7 Å². The van der Waals surface area contributed by atoms with E-state index >= 15 is 0 Å². The minimum Gasteiger partial charge on any atom is -0.465 e. The van der Waals surface area contributed by atoms with Crippen molar-refractivity contribution in [3.63, 3.8) is 0 Å². The molecule has 1 heterocycles. The van der Waals surface area contributed by atoms with Crippen LogP contribution in [0.4, 0.5) is 4.79 Å². The van der Waals surface area contributed by atoms with Gasteiger partial charge in [0.2, 0.25) is 0 Å². The summed E-state index contributed by atoms with van der Waals surface area (Å²) in [5.74, 6) is -0.419. The predicted octanol–water partition coefficient (Wildman–Crippen LogP) is -0.318. The lowest BCUT2D eigenvalue weighted by atomic mass is 10.1. The summed E-state index contributed by atoms with van der Waals surface area (Å²) in [5.41, 5.74) is 5.75. The molecule has 1 unspecified atom stereocenters. The third-order valence-corrected chi connectivity index (χ3v) is 2.43. The molecule has 0 radical (unpaired) electrons. The zero-order valence-corrected chi connectivity index (χ0v) is 9.57. The van der Waals surface area contributed by atoms with E-state index in [1.54, 1.807) is 11.8 Å². The third-order valence-electron chi connectivity index (χ3n) is 2.43. The number of nitrogens with zero attached hydrogens (tertiary/aromatic N) is 1. The van der Waals surface area contributed by atoms with Crippen molar-refractivity contribution in [3.05, 3.63) is 0 Å². The van der Waals surface area contributed by atoms with Crippen LogP contribution in [0.3, 0.4) is 0 Å². The Bertz CT molecular complexity index is 258. The minimum atomic E-state index is -0.419. The molecule has 1 saturated heterocycles. The first-order chi connectivity index (χ1) is 7.63. The van der Waals surface area contributed by atoms with Gasteiger partial charge in [0.05, 0.1) is 6.61 Å². The molecule has 1 aliphatic rings. The van der Waals surface area contributed by atoms with Crippen LogP contribution in [0.5, 0.6) is 0 Å². The van der Waals surface area contributed by atoms with Crippen LogP contribution in [-0.2, 0) is 9.53 Å². The Morgan fingerprint density at radius 1 is 1.56 bits per heavy atom. The van der Waals surface area contributed by atoms with Crippen LogP contribution < -0.4 is 11.1 Å². The molecular formula is C10H19N3O3. The SMILES string of the molecule is CCOC(=O)CNC(=O)N1CCCC(N)C1. The number of ether oxygens (including phenoxy) is 1. The number of carbonyl (C=O) groups is 2. The highest BCUT2D eigenvalue weighted by molar-refractivity contribution is 5.80. The maximum Gasteiger partial charge on any atom is 0.325 e. The number of urea groups is 1. The van der Waals surface area contributed by atoms with E-state index in [9.17, 15) is 9.59 Å². The Kier molecular flexibility index (Phi) is 5.04. The highest BCUT2D eigenvalue weighted by atomic mass is 16.5. The van der Waals surface area contributed by atoms with Gasteiger partial charge in [-0.15, -0.1) is 0 Å². The smallest absolute Gasteiger partial charge is 0.325 e. The Morgan fingerprint density at radius 2 is 2.31 bits per heavy atom. The summed E-state index contributed by atoms with van der Waals surface area (Å²) in [6, 6.07) is -0.203. The first-order valence-corrected chi connectivity index (χ1v) is 5.57. The van der Waals surface area contributed by atoms with Crippen LogP contribution in [0, 0.1) is 0 Å². The van der Waals surface area contributed by atoms with E-state index in [-0.39, 0.29) is 18.6 Å². The third kappa shape index (κ3) is 4.06. The van der Waals surface area contributed by atoms with Gasteiger partial charge in [-0.1, -0.05) is 0 Å². The van der Waals surface area contributed by atoms with Crippen molar-refractivity contribution < 1.29 is 14.3 Å². The summed E-state index contributed by atoms with van der Waals surface area (Å²) in [5, 5.41) is 2.51. The van der Waals surface area contributed by atoms with E-state index in [0.29, 0.717) is 19.7 Å². The van der Waals surface area contributed by atoms with Crippen molar-refractivity contribution in [1.29, 1.82) is 0 Å². The lowest BCUT2D eigenvalue weighted by Crippen LogP contribution is -2.50. The fourth-order valence-corrected chi connectivity index (χ4v) is 1.67. The summed E-state index contributed by atoms with van der Waals surface area (Å²) < 4.78 is 4.70. The van der Waals surface area contributed by atoms with Gasteiger partial charge in [0, 0.05) is 19.1 Å². The van der Waals surface area contributed by atoms with Gasteiger partial charge < -0.3 is 20.7 Å². The van der Waals surface area contributed by atoms with Crippen molar-refractivity contribution in [2.24, 2.45) is 5.73 Å². The van der Waals surface area contributed by atoms with E-state index in [1.807, 2.05) is 0 Å². The molecule has 0 aromatic carbocycles. The van der Waals surface area contributed by atoms with Crippen LogP contribution in [0.25, 0.3) is 0 Å². The number of hydrogen-bond donors (Lipinski definition) is 2. The molecule has 0 aliphatic carbocycles. The van der Waals surface area contributed by atoms with E-state index in [0.717, 1.165) is 12.8 Å². The van der Waals surface area contributed by atoms with Gasteiger partial charge in [-0.2, -0.15) is 0 Å². The lowest BCUT2D eigenvalue weighted by molar-refractivity contribution is -0.141. The minimum absolute atomic E-state index is 0.0436. The second kappa shape index (κ2) is 6.32. The number of amides is 2. The van der Waals surface area contributed by atoms with E-state index in [2.05, 4.69) is 5.32 Å². The second-order valence-corrected chi connectivity index (χ2v) is 3.81. The Hall–Kier alpha value is -1.30. The summed E-state index contributed by atoms with van der Waals surface area (Å²) in [4.78, 5) is 24.3. The summed E-state index contributed by atoms with van der Waals surface area (Å²) in [6.45, 7) is 3.21. The Balaban J connectivity index is 2.26. The van der Waals surface area contributed by atoms with Gasteiger partial charge >= 0.3 is 12.0 Å². The molecule has 92 valence electrons. The molecule has 0 aromatic rings. The van der Waals surface area contributed by atoms with Gasteiger partial charge in [-0.3, -0.25) is 4.79 Å². The quantitative estimate of drug-likeness (QED) is 0.650. The molecule has 1 aliphatic heterocycles. The van der Waals surface area contributed by atoms with Crippen LogP contribution in [-0.4, -0.2) is 49.2 Å². The zero-order chi connectivity index (χ0) is 12.0. The molecule has 2 amide bonds. The number of piperidine rings is 1. The van der Waals surface area contributed by atoms with Crippen LogP contribution >= 0.6 is 0 Å². The number of nitrogens with two attached hydrogens (primary N) is 1. The largest absolute Gasteiger partial charge is 0.465 e. The highest BCUT2D eigenvalue weighted by Gasteiger charge is 2.21. The molecule has 1 atom stereocenters. The van der Waals surface area contributed by atoms with Gasteiger partial charge in [0.15, 0.2) is 0 Å². The van der Waals surface area contributed by atoms with E-state index in [1.165, 1.54) is 0 Å². The molecule has 6 heteroatoms. The maximum atomic E-state index is 11.6. The average molecular weight is 229 g/mol. The standard InChI is InChI=1S/C10H19N3O3/c1-2-16-9(14)6-12-10(15)13-5-3-4-8(11)7-13/h8H,2-7,11H2,1H3,(H,12,15). The maximum absolute atomic E-state index is 11.6. The molecule has 3 N–H and O–H groups in total. The van der Waals surface area contributed by atoms with Gasteiger partial charge in [0.1, 0.15) is 6.54 Å². The fourth-order valence-electron chi connectivity index (χ4n) is 1.67. The molecule has 0 bridgehead atoms. The fraction of sp³-hybridized carbons (Fsp3) is 0.800. The van der Waals surface area contributed by atoms with Crippen molar-refractivity contribution in [1.82, 2.24) is 10.2 Å². The van der Waals surface area contributed by atoms with Crippen molar-refractivity contribution in [2.45, 2.75) is 25.8 Å². The second-order valence-electron chi connectivity index (χ2n) is 3.81. The number of likely N-dealkylation sites (tertiary alicyclic amines) is 1. The number of nitrogens with one attached hydrogen (secondary N) is 1. The molecule has 1 rings (SSSR count). The number of esters is 1. The molecule has 0 saturated carbocycles. The molecule has 16 heavy (non-hydrogen) atoms. The molecule has 0 aromatic heterocycles. The Labute approximate surface area is 95.1 Å². The first-order valence-electron chi connectivity index (χ1n) is 5.57. The molecular weight excluding hydrogens is 210 g/mol. The Morgan fingerprint density at radius 3 is 2.94 bits per heavy atom. The summed E-state index contributed by atoms with van der Waals surface area (Å²) >= 11 is 0. The van der Waals surface area contributed by atoms with E-state index < -0.39 is 5.97 Å². The molecule has 6 nitrogen and oxygen atoms in total. The monoisotopic (exact) mass is 229 g/mol. The van der Waals surface area contributed by atoms with Gasteiger partial charge in [0.25, 0.3) is 0 Å². The van der Waals surface area contributed by atoms with Crippen molar-refractivity contribution in [2.75, 3.05) is 26.2 Å². The number of hydrogen-bond acceptors (Lipinski definition) is 4. The zero-order valence-electron chi connectivity index (χ0n) is 9.57. The molecule has 0 spiro atoms. The van der Waals surface area contributed by atoms with E-state index in [4.69, 9.17) is 10.5 Å². The summed E-state index contributed by atoms with van der Waals surface area (Å²) in [6.07, 6.45) is 1.86. The van der Waals surface area contributed by atoms with Gasteiger partial charge in [-0.05, 0) is 19.8 Å². The van der Waals surface area contributed by atoms with Crippen molar-refractivity contribution in [3.8, 4) is 0 Å². The number of carbonyl (C=O) groups excluding carboxylic acids is 2. The highest BCUT2D eigenvalue weighted by Crippen LogP contribution is 2.07. The first kappa shape index (κ1) is 12.8. The number of rotatable bonds is 3. The van der Waals surface area contributed by atoms with Crippen molar-refractivity contribution >= 4 is 12.0 Å². The molecule has 1 fully saturated rings. The predicted molar refractivity (Wildman–Crippen MR) is 58.8 cm³/mol. The van der Waals surface area contributed by atoms with Crippen LogP contribution in [0.2, 0.25) is 0 Å². The van der Waals surface area contributed by atoms with Crippen LogP contribution in [0.1, 0.15) is 19.8 Å². The lowest BCUT2D eigenvalue weighted by Gasteiger charge is -2.30. The van der Waals surface area contributed by atoms with Gasteiger partial charge in [-0.25, -0.2) is 4.79 Å². The van der Waals surface area contributed by atoms with Crippen LogP contribution in [0.15, 0.2) is 0 Å². The average Bonchev–Trinajstić information content (AvgIpc) is 2.26. The summed E-state index contributed by atoms with van der Waals surface area (Å²) in [7, 11) is 0.